The Morgan fingerprint density at radius 2 is 2.05 bits per heavy atom. The number of hydrogen-bond donors (Lipinski definition) is 1. The number of nitrogens with zero attached hydrogens (tertiary/aromatic N) is 3. The topological polar surface area (TPSA) is 64.2 Å². The molecule has 5 nitrogen and oxygen atoms in total. The second-order valence-corrected chi connectivity index (χ2v) is 5.32. The minimum absolute atomic E-state index is 0.300. The van der Waals surface area contributed by atoms with Gasteiger partial charge in [0, 0.05) is 19.3 Å². The number of hydrogen-bond acceptors (Lipinski definition) is 3. The number of nitrogens with two attached hydrogens (primary N) is 1. The molecule has 1 amide bonds. The summed E-state index contributed by atoms with van der Waals surface area (Å²) in [7, 11) is 0. The first-order valence-corrected chi connectivity index (χ1v) is 6.74. The molecule has 0 spiro atoms. The molecule has 1 atom stereocenters. The van der Waals surface area contributed by atoms with Crippen molar-refractivity contribution in [3.05, 3.63) is 53.9 Å². The minimum atomic E-state index is -0.343. The Balaban J connectivity index is 1.72. The summed E-state index contributed by atoms with van der Waals surface area (Å²) < 4.78 is 1.97. The second kappa shape index (κ2) is 5.09. The minimum Gasteiger partial charge on any atom is -0.368 e. The predicted octanol–water partition coefficient (Wildman–Crippen LogP) is 1.27. The van der Waals surface area contributed by atoms with Gasteiger partial charge < -0.3 is 5.73 Å². The van der Waals surface area contributed by atoms with Crippen LogP contribution in [0.2, 0.25) is 0 Å². The molecule has 1 fully saturated rings. The second-order valence-electron chi connectivity index (χ2n) is 5.32. The largest absolute Gasteiger partial charge is 0.368 e. The number of amides is 1. The standard InChI is InChI=1S/C15H18N4O/c1-11-7-17-19(8-11)13-9-18(10-13)14(15(16)20)12-5-3-2-4-6-12/h2-8,13-14H,9-10H2,1H3,(H2,16,20). The highest BCUT2D eigenvalue weighted by Crippen LogP contribution is 2.30. The molecule has 3 rings (SSSR count). The normalized spacial score (nSPS) is 17.6. The maximum atomic E-state index is 11.7. The fourth-order valence-electron chi connectivity index (χ4n) is 2.69. The van der Waals surface area contributed by atoms with Gasteiger partial charge in [0.1, 0.15) is 6.04 Å². The molecule has 0 radical (unpaired) electrons. The van der Waals surface area contributed by atoms with E-state index in [1.165, 1.54) is 0 Å². The van der Waals surface area contributed by atoms with E-state index in [9.17, 15) is 4.79 Å². The lowest BCUT2D eigenvalue weighted by atomic mass is 9.99. The molecule has 1 saturated heterocycles. The van der Waals surface area contributed by atoms with Crippen LogP contribution in [0.3, 0.4) is 0 Å². The smallest absolute Gasteiger partial charge is 0.239 e. The van der Waals surface area contributed by atoms with Gasteiger partial charge in [-0.25, -0.2) is 0 Å². The van der Waals surface area contributed by atoms with E-state index in [0.29, 0.717) is 6.04 Å². The maximum absolute atomic E-state index is 11.7. The van der Waals surface area contributed by atoms with Gasteiger partial charge >= 0.3 is 0 Å². The summed E-state index contributed by atoms with van der Waals surface area (Å²) in [6, 6.07) is 9.67. The summed E-state index contributed by atoms with van der Waals surface area (Å²) in [4.78, 5) is 13.8. The van der Waals surface area contributed by atoms with E-state index in [4.69, 9.17) is 5.73 Å². The van der Waals surface area contributed by atoms with Crippen LogP contribution >= 0.6 is 0 Å². The average Bonchev–Trinajstić information content (AvgIpc) is 2.80. The van der Waals surface area contributed by atoms with Gasteiger partial charge in [-0.2, -0.15) is 5.10 Å². The number of rotatable bonds is 4. The molecule has 1 aromatic heterocycles. The van der Waals surface area contributed by atoms with Gasteiger partial charge in [-0.1, -0.05) is 30.3 Å². The van der Waals surface area contributed by atoms with Crippen LogP contribution in [0, 0.1) is 6.92 Å². The van der Waals surface area contributed by atoms with Crippen LogP contribution in [0.1, 0.15) is 23.2 Å². The van der Waals surface area contributed by atoms with E-state index < -0.39 is 0 Å². The fraction of sp³-hybridized carbons (Fsp3) is 0.333. The quantitative estimate of drug-likeness (QED) is 0.910. The Labute approximate surface area is 118 Å². The van der Waals surface area contributed by atoms with Crippen LogP contribution in [0.4, 0.5) is 0 Å². The first kappa shape index (κ1) is 12.9. The summed E-state index contributed by atoms with van der Waals surface area (Å²) in [6.45, 7) is 3.61. The molecule has 104 valence electrons. The molecule has 1 aliphatic rings. The third-order valence-electron chi connectivity index (χ3n) is 3.75. The fourth-order valence-corrected chi connectivity index (χ4v) is 2.69. The van der Waals surface area contributed by atoms with E-state index in [-0.39, 0.29) is 11.9 Å². The molecule has 1 aromatic carbocycles. The van der Waals surface area contributed by atoms with Gasteiger partial charge in [0.05, 0.1) is 12.2 Å². The third kappa shape index (κ3) is 2.32. The molecule has 2 N–H and O–H groups in total. The lowest BCUT2D eigenvalue weighted by molar-refractivity contribution is -0.126. The number of benzene rings is 1. The van der Waals surface area contributed by atoms with E-state index in [1.54, 1.807) is 0 Å². The van der Waals surface area contributed by atoms with Crippen molar-refractivity contribution in [2.75, 3.05) is 13.1 Å². The zero-order valence-corrected chi connectivity index (χ0v) is 11.4. The molecular formula is C15H18N4O. The number of primary amides is 1. The van der Waals surface area contributed by atoms with Crippen LogP contribution in [0.25, 0.3) is 0 Å². The van der Waals surface area contributed by atoms with Gasteiger partial charge in [-0.15, -0.1) is 0 Å². The van der Waals surface area contributed by atoms with E-state index in [1.807, 2.05) is 54.3 Å². The lowest BCUT2D eigenvalue weighted by Gasteiger charge is -2.43. The van der Waals surface area contributed by atoms with Gasteiger partial charge in [-0.05, 0) is 18.1 Å². The van der Waals surface area contributed by atoms with Crippen molar-refractivity contribution in [3.63, 3.8) is 0 Å². The first-order chi connectivity index (χ1) is 9.65. The SMILES string of the molecule is Cc1cnn(C2CN(C(C(N)=O)c3ccccc3)C2)c1. The monoisotopic (exact) mass is 270 g/mol. The molecule has 0 aliphatic carbocycles. The third-order valence-corrected chi connectivity index (χ3v) is 3.75. The Morgan fingerprint density at radius 1 is 1.35 bits per heavy atom. The lowest BCUT2D eigenvalue weighted by Crippen LogP contribution is -2.52. The summed E-state index contributed by atoms with van der Waals surface area (Å²) in [6.07, 6.45) is 3.88. The highest BCUT2D eigenvalue weighted by molar-refractivity contribution is 5.81. The maximum Gasteiger partial charge on any atom is 0.239 e. The van der Waals surface area contributed by atoms with E-state index in [2.05, 4.69) is 10.00 Å². The zero-order chi connectivity index (χ0) is 14.1. The van der Waals surface area contributed by atoms with Gasteiger partial charge in [-0.3, -0.25) is 14.4 Å². The van der Waals surface area contributed by atoms with Crippen molar-refractivity contribution in [2.45, 2.75) is 19.0 Å². The van der Waals surface area contributed by atoms with Crippen molar-refractivity contribution in [1.82, 2.24) is 14.7 Å². The van der Waals surface area contributed by atoms with Gasteiger partial charge in [0.15, 0.2) is 0 Å². The number of aryl methyl sites for hydroxylation is 1. The van der Waals surface area contributed by atoms with Crippen molar-refractivity contribution < 1.29 is 4.79 Å². The summed E-state index contributed by atoms with van der Waals surface area (Å²) in [5, 5.41) is 4.32. The van der Waals surface area contributed by atoms with Crippen LogP contribution in [0.5, 0.6) is 0 Å². The number of carbonyl (C=O) groups is 1. The number of likely N-dealkylation sites (tertiary alicyclic amines) is 1. The summed E-state index contributed by atoms with van der Waals surface area (Å²) in [5.74, 6) is -0.300. The van der Waals surface area contributed by atoms with Gasteiger partial charge in [0.25, 0.3) is 0 Å². The first-order valence-electron chi connectivity index (χ1n) is 6.74. The van der Waals surface area contributed by atoms with Crippen molar-refractivity contribution in [3.8, 4) is 0 Å². The molecule has 2 aromatic rings. The Bertz CT molecular complexity index is 601. The Morgan fingerprint density at radius 3 is 2.60 bits per heavy atom. The Hall–Kier alpha value is -2.14. The summed E-state index contributed by atoms with van der Waals surface area (Å²) >= 11 is 0. The molecule has 5 heteroatoms. The van der Waals surface area contributed by atoms with Crippen LogP contribution in [0.15, 0.2) is 42.7 Å². The van der Waals surface area contributed by atoms with Crippen molar-refractivity contribution in [1.29, 1.82) is 0 Å². The summed E-state index contributed by atoms with van der Waals surface area (Å²) in [5.41, 5.74) is 7.67. The number of aromatic nitrogens is 2. The van der Waals surface area contributed by atoms with E-state index >= 15 is 0 Å². The zero-order valence-electron chi connectivity index (χ0n) is 11.4. The van der Waals surface area contributed by atoms with Gasteiger partial charge in [0.2, 0.25) is 5.91 Å². The van der Waals surface area contributed by atoms with Crippen LogP contribution < -0.4 is 5.73 Å². The molecule has 0 bridgehead atoms. The van der Waals surface area contributed by atoms with Crippen LogP contribution in [-0.4, -0.2) is 33.7 Å². The predicted molar refractivity (Wildman–Crippen MR) is 76.0 cm³/mol. The average molecular weight is 270 g/mol. The number of carbonyl (C=O) groups excluding carboxylic acids is 1. The highest BCUT2D eigenvalue weighted by atomic mass is 16.1. The molecule has 0 saturated carbocycles. The highest BCUT2D eigenvalue weighted by Gasteiger charge is 2.37. The van der Waals surface area contributed by atoms with E-state index in [0.717, 1.165) is 24.2 Å². The molecule has 20 heavy (non-hydrogen) atoms. The molecular weight excluding hydrogens is 252 g/mol. The molecule has 2 heterocycles. The van der Waals surface area contributed by atoms with Crippen molar-refractivity contribution in [2.24, 2.45) is 5.73 Å². The van der Waals surface area contributed by atoms with Crippen LogP contribution in [-0.2, 0) is 4.79 Å². The molecule has 1 unspecified atom stereocenters. The molecule has 1 aliphatic heterocycles. The van der Waals surface area contributed by atoms with Crippen molar-refractivity contribution >= 4 is 5.91 Å². The Kier molecular flexibility index (Phi) is 3.28.